The van der Waals surface area contributed by atoms with Gasteiger partial charge in [-0.1, -0.05) is 89.6 Å². The van der Waals surface area contributed by atoms with Crippen LogP contribution in [0.3, 0.4) is 0 Å². The van der Waals surface area contributed by atoms with Crippen molar-refractivity contribution in [1.82, 2.24) is 5.32 Å². The van der Waals surface area contributed by atoms with Crippen LogP contribution in [0.25, 0.3) is 0 Å². The Morgan fingerprint density at radius 2 is 1.56 bits per heavy atom. The Hall–Kier alpha value is -5.45. The molecule has 368 valence electrons. The summed E-state index contributed by atoms with van der Waals surface area (Å²) in [5.41, 5.74) is -0.676. The highest BCUT2D eigenvalue weighted by Gasteiger charge is 2.84. The van der Waals surface area contributed by atoms with Gasteiger partial charge < -0.3 is 44.6 Å². The molecule has 68 heavy (non-hydrogen) atoms. The molecule has 4 N–H and O–H groups in total. The molecular formula is C52H66N2O14. The van der Waals surface area contributed by atoms with E-state index in [0.717, 1.165) is 6.92 Å². The van der Waals surface area contributed by atoms with Crippen molar-refractivity contribution in [1.29, 1.82) is 0 Å². The van der Waals surface area contributed by atoms with Crippen LogP contribution in [0.1, 0.15) is 129 Å². The number of nitrogens with one attached hydrogen (secondary N) is 1. The van der Waals surface area contributed by atoms with E-state index in [1.165, 1.54) is 6.92 Å². The van der Waals surface area contributed by atoms with Crippen molar-refractivity contribution >= 4 is 41.5 Å². The van der Waals surface area contributed by atoms with Gasteiger partial charge in [0.1, 0.15) is 30.0 Å². The number of unbranched alkanes of at least 4 members (excludes halogenated alkanes) is 2. The molecule has 5 aliphatic rings. The fourth-order valence-corrected chi connectivity index (χ4v) is 11.6. The molecule has 16 heteroatoms. The average Bonchev–Trinajstić information content (AvgIpc) is 3.99. The molecular weight excluding hydrogens is 877 g/mol. The highest BCUT2D eigenvalue weighted by atomic mass is 16.6. The van der Waals surface area contributed by atoms with Crippen LogP contribution in [-0.4, -0.2) is 102 Å². The molecule has 1 aliphatic heterocycles. The lowest BCUT2D eigenvalue weighted by atomic mass is 9.48. The van der Waals surface area contributed by atoms with Crippen molar-refractivity contribution in [3.8, 4) is 0 Å². The molecule has 4 fully saturated rings. The van der Waals surface area contributed by atoms with Crippen molar-refractivity contribution in [2.24, 2.45) is 33.8 Å². The van der Waals surface area contributed by atoms with Gasteiger partial charge >= 0.3 is 29.8 Å². The first-order chi connectivity index (χ1) is 32.0. The summed E-state index contributed by atoms with van der Waals surface area (Å²) in [5, 5.41) is 16.9. The van der Waals surface area contributed by atoms with Crippen molar-refractivity contribution in [2.45, 2.75) is 155 Å². The van der Waals surface area contributed by atoms with Crippen LogP contribution in [-0.2, 0) is 57.2 Å². The van der Waals surface area contributed by atoms with E-state index in [2.05, 4.69) is 5.32 Å². The van der Waals surface area contributed by atoms with Gasteiger partial charge in [0.2, 0.25) is 12.0 Å². The summed E-state index contributed by atoms with van der Waals surface area (Å²) >= 11 is 0. The van der Waals surface area contributed by atoms with Gasteiger partial charge in [-0.2, -0.15) is 0 Å². The van der Waals surface area contributed by atoms with Crippen LogP contribution in [0.5, 0.6) is 0 Å². The molecule has 2 aromatic carbocycles. The van der Waals surface area contributed by atoms with Gasteiger partial charge in [-0.3, -0.25) is 24.0 Å². The molecule has 1 saturated heterocycles. The van der Waals surface area contributed by atoms with E-state index in [4.69, 9.17) is 34.2 Å². The lowest BCUT2D eigenvalue weighted by molar-refractivity contribution is -0.323. The average molecular weight is 943 g/mol. The first-order valence-electron chi connectivity index (χ1n) is 23.7. The zero-order valence-corrected chi connectivity index (χ0v) is 40.3. The number of fused-ring (bicyclic) bond motifs is 4. The summed E-state index contributed by atoms with van der Waals surface area (Å²) in [4.78, 5) is 98.9. The van der Waals surface area contributed by atoms with Gasteiger partial charge in [0.25, 0.3) is 0 Å². The first-order valence-corrected chi connectivity index (χ1v) is 23.7. The summed E-state index contributed by atoms with van der Waals surface area (Å²) in [6, 6.07) is 15.4. The number of carbonyl (C=O) groups is 7. The van der Waals surface area contributed by atoms with Gasteiger partial charge in [0.05, 0.1) is 18.1 Å². The Kier molecular flexibility index (Phi) is 14.2. The van der Waals surface area contributed by atoms with Crippen molar-refractivity contribution in [3.05, 3.63) is 82.9 Å². The molecule has 2 aromatic rings. The second-order valence-electron chi connectivity index (χ2n) is 21.0. The Bertz CT molecular complexity index is 2320. The molecule has 1 spiro atoms. The van der Waals surface area contributed by atoms with Crippen molar-refractivity contribution in [3.63, 3.8) is 0 Å². The molecule has 4 aliphatic carbocycles. The van der Waals surface area contributed by atoms with Crippen LogP contribution >= 0.6 is 0 Å². The minimum atomic E-state index is -2.28. The monoisotopic (exact) mass is 942 g/mol. The molecule has 16 nitrogen and oxygen atoms in total. The maximum atomic E-state index is 15.7. The highest BCUT2D eigenvalue weighted by Crippen LogP contribution is 2.74. The maximum absolute atomic E-state index is 15.7. The molecule has 11 atom stereocenters. The molecule has 1 heterocycles. The van der Waals surface area contributed by atoms with Gasteiger partial charge in [-0.15, -0.1) is 0 Å². The number of ether oxygens (including phenoxy) is 6. The second kappa shape index (κ2) is 19.2. The quantitative estimate of drug-likeness (QED) is 0.0809. The molecule has 1 amide bonds. The fourth-order valence-electron chi connectivity index (χ4n) is 11.6. The molecule has 3 saturated carbocycles. The zero-order valence-electron chi connectivity index (χ0n) is 40.3. The normalized spacial score (nSPS) is 30.8. The molecule has 0 aromatic heterocycles. The minimum Gasteiger partial charge on any atom is -0.455 e. The van der Waals surface area contributed by atoms with E-state index in [9.17, 15) is 29.1 Å². The maximum Gasteiger partial charge on any atom is 0.350 e. The van der Waals surface area contributed by atoms with Gasteiger partial charge in [-0.05, 0) is 79.3 Å². The Morgan fingerprint density at radius 3 is 2.15 bits per heavy atom. The Morgan fingerprint density at radius 1 is 0.897 bits per heavy atom. The number of carbonyl (C=O) groups excluding carboxylic acids is 7. The molecule has 0 radical (unpaired) electrons. The van der Waals surface area contributed by atoms with E-state index < -0.39 is 118 Å². The summed E-state index contributed by atoms with van der Waals surface area (Å²) in [5.74, 6) is -6.75. The summed E-state index contributed by atoms with van der Waals surface area (Å²) in [7, 11) is 0. The van der Waals surface area contributed by atoms with E-state index >= 15 is 9.59 Å². The number of benzene rings is 2. The number of Topliss-reactive ketones (excluding diaryl/α,β-unsaturated/α-hetero) is 1. The predicted octanol–water partition coefficient (Wildman–Crippen LogP) is 5.57. The number of aliphatic hydroxyl groups is 1. The second-order valence-corrected chi connectivity index (χ2v) is 21.0. The van der Waals surface area contributed by atoms with Crippen LogP contribution < -0.4 is 11.1 Å². The predicted molar refractivity (Wildman–Crippen MR) is 244 cm³/mol. The number of ketones is 1. The third-order valence-electron chi connectivity index (χ3n) is 14.8. The Balaban J connectivity index is 1.39. The van der Waals surface area contributed by atoms with Gasteiger partial charge in [0.15, 0.2) is 17.5 Å². The fraction of sp³-hybridized carbons (Fsp3) is 0.596. The lowest BCUT2D eigenvalue weighted by Gasteiger charge is -2.64. The SMILES string of the molecule is CC(=O)O[C@H]1C(=O)[C@]23C[C@H]2C[C@H]2OC[C@@]2(OC(C)=O)[C@H]3[C@H](OC(=O)c2ccccc2)[C@]2(O)C[C@H](OC(=O)[C@H](OC(=O)CCCCCN)[C@@H](NC(=O)CC(C)(C)C)c3ccccc3)C(C)=C1C2(C)C. The number of rotatable bonds is 16. The van der Waals surface area contributed by atoms with Crippen LogP contribution in [0.2, 0.25) is 0 Å². The summed E-state index contributed by atoms with van der Waals surface area (Å²) in [6.45, 7) is 13.2. The lowest BCUT2D eigenvalue weighted by Crippen LogP contribution is -2.78. The van der Waals surface area contributed by atoms with Crippen LogP contribution in [0.15, 0.2) is 71.8 Å². The third-order valence-corrected chi connectivity index (χ3v) is 14.8. The van der Waals surface area contributed by atoms with Crippen molar-refractivity contribution < 1.29 is 67.1 Å². The van der Waals surface area contributed by atoms with Crippen molar-refractivity contribution in [2.75, 3.05) is 13.2 Å². The molecule has 7 rings (SSSR count). The highest BCUT2D eigenvalue weighted by molar-refractivity contribution is 5.98. The number of hydrogen-bond donors (Lipinski definition) is 3. The van der Waals surface area contributed by atoms with E-state index in [0.29, 0.717) is 37.8 Å². The van der Waals surface area contributed by atoms with Gasteiger partial charge in [-0.25, -0.2) is 9.59 Å². The number of nitrogens with two attached hydrogens (primary N) is 1. The third kappa shape index (κ3) is 9.35. The van der Waals surface area contributed by atoms with Crippen LogP contribution in [0, 0.1) is 28.1 Å². The van der Waals surface area contributed by atoms with Crippen LogP contribution in [0.4, 0.5) is 0 Å². The number of amides is 1. The molecule has 2 bridgehead atoms. The number of hydrogen-bond acceptors (Lipinski definition) is 15. The molecule has 0 unspecified atom stereocenters. The van der Waals surface area contributed by atoms with E-state index in [1.54, 1.807) is 81.4 Å². The zero-order chi connectivity index (χ0) is 49.6. The first kappa shape index (κ1) is 50.4. The minimum absolute atomic E-state index is 0.0555. The largest absolute Gasteiger partial charge is 0.455 e. The summed E-state index contributed by atoms with van der Waals surface area (Å²) in [6.07, 6.45) is -5.44. The summed E-state index contributed by atoms with van der Waals surface area (Å²) < 4.78 is 37.3. The number of esters is 5. The van der Waals surface area contributed by atoms with Gasteiger partial charge in [0, 0.05) is 43.9 Å². The standard InChI is InChI=1S/C52H66N2O14/c1-29-35(65-47(61)42(66-38(58)22-16-11-17-23-53)40(32-18-12-9-13-19-32)54-37(57)27-48(4,5)6)26-52(62)45(67-46(60)33-20-14-10-15-21-33)43-50(44(59)41(64-30(2)55)39(29)49(52,7)8)25-34(50)24-36-51(43,28-63-36)68-31(3)56/h9-10,12-15,18-21,34-36,40-43,45,62H,11,16-17,22-28,53H2,1-8H3,(H,54,57)/t34-,35+,36-,40+,41-,42-,43+,45+,50-,51+,52-/m1/s1. The van der Waals surface area contributed by atoms with E-state index in [-0.39, 0.29) is 48.5 Å². The van der Waals surface area contributed by atoms with E-state index in [1.807, 2.05) is 20.8 Å². The smallest absolute Gasteiger partial charge is 0.350 e. The topological polar surface area (TPSA) is 233 Å². The Labute approximate surface area is 397 Å².